The molecule has 3 rings (SSSR count). The van der Waals surface area contributed by atoms with Crippen LogP contribution in [0.1, 0.15) is 38.5 Å². The van der Waals surface area contributed by atoms with E-state index >= 15 is 0 Å². The molecule has 0 heterocycles. The Hall–Kier alpha value is -1.60. The van der Waals surface area contributed by atoms with E-state index in [2.05, 4.69) is 15.4 Å². The predicted octanol–water partition coefficient (Wildman–Crippen LogP) is 2.19. The third-order valence-electron chi connectivity index (χ3n) is 4.01. The molecule has 0 aromatic heterocycles. The highest BCUT2D eigenvalue weighted by Crippen LogP contribution is 2.21. The van der Waals surface area contributed by atoms with Crippen LogP contribution in [0.3, 0.4) is 0 Å². The molecule has 0 radical (unpaired) electrons. The SMILES string of the molecule is O=C(Nc1ccc(S(=O)(=O)NC2CCCC2)cc1)NC1CC1. The molecule has 7 heteroatoms. The second-order valence-corrected chi connectivity index (χ2v) is 7.71. The molecule has 2 saturated carbocycles. The van der Waals surface area contributed by atoms with Crippen LogP contribution in [0.4, 0.5) is 10.5 Å². The summed E-state index contributed by atoms with van der Waals surface area (Å²) in [5, 5.41) is 5.51. The van der Waals surface area contributed by atoms with Gasteiger partial charge >= 0.3 is 6.03 Å². The fourth-order valence-electron chi connectivity index (χ4n) is 2.63. The minimum atomic E-state index is -3.48. The van der Waals surface area contributed by atoms with Gasteiger partial charge in [0, 0.05) is 17.8 Å². The zero-order valence-electron chi connectivity index (χ0n) is 12.3. The Kier molecular flexibility index (Phi) is 4.35. The van der Waals surface area contributed by atoms with Gasteiger partial charge < -0.3 is 10.6 Å². The van der Waals surface area contributed by atoms with Gasteiger partial charge in [-0.1, -0.05) is 12.8 Å². The molecule has 1 aromatic carbocycles. The lowest BCUT2D eigenvalue weighted by atomic mass is 10.3. The van der Waals surface area contributed by atoms with Gasteiger partial charge in [-0.3, -0.25) is 0 Å². The molecule has 2 fully saturated rings. The fraction of sp³-hybridized carbons (Fsp3) is 0.533. The van der Waals surface area contributed by atoms with Gasteiger partial charge in [0.2, 0.25) is 10.0 Å². The number of carbonyl (C=O) groups excluding carboxylic acids is 1. The number of rotatable bonds is 5. The van der Waals surface area contributed by atoms with E-state index in [4.69, 9.17) is 0 Å². The van der Waals surface area contributed by atoms with E-state index in [1.165, 1.54) is 12.1 Å². The van der Waals surface area contributed by atoms with Crippen molar-refractivity contribution in [1.29, 1.82) is 0 Å². The van der Waals surface area contributed by atoms with Crippen LogP contribution >= 0.6 is 0 Å². The molecule has 2 amide bonds. The summed E-state index contributed by atoms with van der Waals surface area (Å²) in [5.74, 6) is 0. The van der Waals surface area contributed by atoms with Crippen LogP contribution in [-0.2, 0) is 10.0 Å². The van der Waals surface area contributed by atoms with Gasteiger partial charge in [-0.15, -0.1) is 0 Å². The Labute approximate surface area is 130 Å². The van der Waals surface area contributed by atoms with E-state index in [1.807, 2.05) is 0 Å². The summed E-state index contributed by atoms with van der Waals surface area (Å²) >= 11 is 0. The Morgan fingerprint density at radius 3 is 2.18 bits per heavy atom. The largest absolute Gasteiger partial charge is 0.335 e. The molecular formula is C15H21N3O3S. The van der Waals surface area contributed by atoms with Gasteiger partial charge in [-0.05, 0) is 49.9 Å². The van der Waals surface area contributed by atoms with Crippen molar-refractivity contribution in [2.75, 3.05) is 5.32 Å². The van der Waals surface area contributed by atoms with Crippen molar-refractivity contribution in [2.45, 2.75) is 55.5 Å². The predicted molar refractivity (Wildman–Crippen MR) is 84.2 cm³/mol. The van der Waals surface area contributed by atoms with Crippen molar-refractivity contribution in [3.8, 4) is 0 Å². The highest BCUT2D eigenvalue weighted by molar-refractivity contribution is 7.89. The molecule has 2 aliphatic carbocycles. The molecule has 0 unspecified atom stereocenters. The summed E-state index contributed by atoms with van der Waals surface area (Å²) < 4.78 is 27.3. The van der Waals surface area contributed by atoms with Crippen molar-refractivity contribution >= 4 is 21.7 Å². The summed E-state index contributed by atoms with van der Waals surface area (Å²) in [5.41, 5.74) is 0.581. The van der Waals surface area contributed by atoms with E-state index in [9.17, 15) is 13.2 Å². The number of anilines is 1. The molecule has 0 aliphatic heterocycles. The number of benzene rings is 1. The van der Waals surface area contributed by atoms with Crippen molar-refractivity contribution in [1.82, 2.24) is 10.0 Å². The third-order valence-corrected chi connectivity index (χ3v) is 5.55. The van der Waals surface area contributed by atoms with Gasteiger partial charge in [-0.2, -0.15) is 0 Å². The highest BCUT2D eigenvalue weighted by atomic mass is 32.2. The molecule has 2 aliphatic rings. The van der Waals surface area contributed by atoms with Gasteiger partial charge in [-0.25, -0.2) is 17.9 Å². The second kappa shape index (κ2) is 6.26. The summed E-state index contributed by atoms with van der Waals surface area (Å²) in [6.45, 7) is 0. The third kappa shape index (κ3) is 3.98. The molecule has 1 aromatic rings. The average molecular weight is 323 g/mol. The number of amides is 2. The first kappa shape index (κ1) is 15.3. The molecule has 0 spiro atoms. The Bertz CT molecular complexity index is 633. The lowest BCUT2D eigenvalue weighted by Gasteiger charge is -2.13. The van der Waals surface area contributed by atoms with E-state index in [-0.39, 0.29) is 23.0 Å². The summed E-state index contributed by atoms with van der Waals surface area (Å²) in [6.07, 6.45) is 6.01. The Balaban J connectivity index is 1.60. The molecule has 22 heavy (non-hydrogen) atoms. The monoisotopic (exact) mass is 323 g/mol. The Morgan fingerprint density at radius 2 is 1.59 bits per heavy atom. The maximum Gasteiger partial charge on any atom is 0.319 e. The first-order valence-corrected chi connectivity index (χ1v) is 9.21. The van der Waals surface area contributed by atoms with Crippen LogP contribution in [0.15, 0.2) is 29.2 Å². The maximum absolute atomic E-state index is 12.3. The quantitative estimate of drug-likeness (QED) is 0.776. The number of nitrogens with one attached hydrogen (secondary N) is 3. The molecule has 0 bridgehead atoms. The van der Waals surface area contributed by atoms with Crippen LogP contribution in [0.5, 0.6) is 0 Å². The van der Waals surface area contributed by atoms with Crippen molar-refractivity contribution in [3.05, 3.63) is 24.3 Å². The van der Waals surface area contributed by atoms with Gasteiger partial charge in [0.05, 0.1) is 4.90 Å². The number of hydrogen-bond donors (Lipinski definition) is 3. The van der Waals surface area contributed by atoms with Gasteiger partial charge in [0.25, 0.3) is 0 Å². The molecule has 6 nitrogen and oxygen atoms in total. The van der Waals surface area contributed by atoms with E-state index in [0.717, 1.165) is 38.5 Å². The summed E-state index contributed by atoms with van der Waals surface area (Å²) in [4.78, 5) is 11.9. The first-order valence-electron chi connectivity index (χ1n) is 7.73. The smallest absolute Gasteiger partial charge is 0.319 e. The summed E-state index contributed by atoms with van der Waals surface area (Å²) in [7, 11) is -3.48. The minimum Gasteiger partial charge on any atom is -0.335 e. The van der Waals surface area contributed by atoms with E-state index in [0.29, 0.717) is 5.69 Å². The molecule has 0 saturated heterocycles. The van der Waals surface area contributed by atoms with Gasteiger partial charge in [0.1, 0.15) is 0 Å². The zero-order chi connectivity index (χ0) is 15.6. The lowest BCUT2D eigenvalue weighted by Crippen LogP contribution is -2.32. The van der Waals surface area contributed by atoms with Crippen molar-refractivity contribution < 1.29 is 13.2 Å². The normalized spacial score (nSPS) is 19.1. The second-order valence-electron chi connectivity index (χ2n) is 6.00. The Morgan fingerprint density at radius 1 is 0.955 bits per heavy atom. The highest BCUT2D eigenvalue weighted by Gasteiger charge is 2.24. The van der Waals surface area contributed by atoms with Gasteiger partial charge in [0.15, 0.2) is 0 Å². The first-order chi connectivity index (χ1) is 10.5. The topological polar surface area (TPSA) is 87.3 Å². The minimum absolute atomic E-state index is 0.0483. The lowest BCUT2D eigenvalue weighted by molar-refractivity contribution is 0.251. The van der Waals surface area contributed by atoms with Crippen LogP contribution in [-0.4, -0.2) is 26.5 Å². The zero-order valence-corrected chi connectivity index (χ0v) is 13.2. The standard InChI is InChI=1S/C15H21N3O3S/c19-15(16-11-5-6-11)17-12-7-9-14(10-8-12)22(20,21)18-13-3-1-2-4-13/h7-11,13,18H,1-6H2,(H2,16,17,19). The van der Waals surface area contributed by atoms with Crippen molar-refractivity contribution in [2.24, 2.45) is 0 Å². The number of hydrogen-bond acceptors (Lipinski definition) is 3. The number of sulfonamides is 1. The van der Waals surface area contributed by atoms with Crippen molar-refractivity contribution in [3.63, 3.8) is 0 Å². The molecular weight excluding hydrogens is 302 g/mol. The van der Waals surface area contributed by atoms with Crippen LogP contribution in [0.2, 0.25) is 0 Å². The molecule has 0 atom stereocenters. The summed E-state index contributed by atoms with van der Waals surface area (Å²) in [6, 6.07) is 6.34. The molecule has 120 valence electrons. The fourth-order valence-corrected chi connectivity index (χ4v) is 3.93. The van der Waals surface area contributed by atoms with E-state index < -0.39 is 10.0 Å². The van der Waals surface area contributed by atoms with Crippen LogP contribution in [0.25, 0.3) is 0 Å². The molecule has 3 N–H and O–H groups in total. The van der Waals surface area contributed by atoms with Crippen LogP contribution < -0.4 is 15.4 Å². The van der Waals surface area contributed by atoms with Crippen LogP contribution in [0, 0.1) is 0 Å². The number of urea groups is 1. The average Bonchev–Trinajstić information content (AvgIpc) is 3.13. The van der Waals surface area contributed by atoms with E-state index in [1.54, 1.807) is 12.1 Å². The number of carbonyl (C=O) groups is 1. The maximum atomic E-state index is 12.3.